The van der Waals surface area contributed by atoms with Crippen LogP contribution in [0.3, 0.4) is 0 Å². The molecule has 0 aliphatic carbocycles. The molecule has 2 aliphatic rings. The Morgan fingerprint density at radius 1 is 1.06 bits per heavy atom. The number of rotatable bonds is 8. The van der Waals surface area contributed by atoms with E-state index in [9.17, 15) is 9.59 Å². The van der Waals surface area contributed by atoms with Crippen molar-refractivity contribution >= 4 is 12.0 Å². The molecule has 4 rings (SSSR count). The molecule has 7 heteroatoms. The molecular weight excluding hydrogens is 430 g/mol. The highest BCUT2D eigenvalue weighted by Crippen LogP contribution is 2.30. The van der Waals surface area contributed by atoms with Crippen molar-refractivity contribution < 1.29 is 19.1 Å². The van der Waals surface area contributed by atoms with Gasteiger partial charge in [-0.1, -0.05) is 42.5 Å². The van der Waals surface area contributed by atoms with Crippen molar-refractivity contribution in [3.05, 3.63) is 77.0 Å². The summed E-state index contributed by atoms with van der Waals surface area (Å²) >= 11 is 0. The highest BCUT2D eigenvalue weighted by molar-refractivity contribution is 5.95. The number of piperidine rings is 1. The summed E-state index contributed by atoms with van der Waals surface area (Å²) < 4.78 is 10.6. The Balaban J connectivity index is 1.49. The fourth-order valence-corrected chi connectivity index (χ4v) is 4.79. The molecule has 1 unspecified atom stereocenters. The van der Waals surface area contributed by atoms with E-state index in [1.54, 1.807) is 0 Å². The summed E-state index contributed by atoms with van der Waals surface area (Å²) in [5.41, 5.74) is 3.23. The van der Waals surface area contributed by atoms with Crippen molar-refractivity contribution in [3.63, 3.8) is 0 Å². The Kier molecular flexibility index (Phi) is 7.85. The van der Waals surface area contributed by atoms with E-state index in [-0.39, 0.29) is 6.03 Å². The number of nitrogens with zero attached hydrogens (tertiary/aromatic N) is 1. The zero-order chi connectivity index (χ0) is 23.9. The highest BCUT2D eigenvalue weighted by Gasteiger charge is 2.34. The minimum Gasteiger partial charge on any atom is -0.494 e. The van der Waals surface area contributed by atoms with Crippen molar-refractivity contribution in [3.8, 4) is 5.75 Å². The lowest BCUT2D eigenvalue weighted by Gasteiger charge is -2.35. The number of likely N-dealkylation sites (tertiary alicyclic amines) is 1. The van der Waals surface area contributed by atoms with Gasteiger partial charge >= 0.3 is 12.0 Å². The highest BCUT2D eigenvalue weighted by atomic mass is 16.5. The third-order valence-corrected chi connectivity index (χ3v) is 6.54. The van der Waals surface area contributed by atoms with E-state index < -0.39 is 12.0 Å². The van der Waals surface area contributed by atoms with Crippen LogP contribution in [0.25, 0.3) is 0 Å². The second-order valence-electron chi connectivity index (χ2n) is 8.83. The quantitative estimate of drug-likeness (QED) is 0.582. The van der Waals surface area contributed by atoms with Crippen molar-refractivity contribution in [1.29, 1.82) is 0 Å². The van der Waals surface area contributed by atoms with Crippen molar-refractivity contribution in [2.45, 2.75) is 32.2 Å². The van der Waals surface area contributed by atoms with Gasteiger partial charge in [-0.3, -0.25) is 4.90 Å². The Bertz CT molecular complexity index is 1010. The molecule has 0 radical (unpaired) electrons. The number of esters is 1. The normalized spacial score (nSPS) is 19.4. The third kappa shape index (κ3) is 5.78. The van der Waals surface area contributed by atoms with Gasteiger partial charge in [-0.05, 0) is 68.5 Å². The zero-order valence-electron chi connectivity index (χ0n) is 19.9. The van der Waals surface area contributed by atoms with E-state index in [1.165, 1.54) is 12.7 Å². The molecule has 1 fully saturated rings. The first kappa shape index (κ1) is 23.8. The second-order valence-corrected chi connectivity index (χ2v) is 8.83. The molecule has 34 heavy (non-hydrogen) atoms. The van der Waals surface area contributed by atoms with Crippen LogP contribution in [0.1, 0.15) is 36.9 Å². The second kappa shape index (κ2) is 11.2. The molecule has 0 aromatic heterocycles. The average molecular weight is 464 g/mol. The number of ether oxygens (including phenoxy) is 2. The molecule has 2 N–H and O–H groups in total. The van der Waals surface area contributed by atoms with Gasteiger partial charge in [0.15, 0.2) is 0 Å². The largest absolute Gasteiger partial charge is 0.494 e. The van der Waals surface area contributed by atoms with Crippen LogP contribution in [-0.4, -0.2) is 50.3 Å². The summed E-state index contributed by atoms with van der Waals surface area (Å²) in [4.78, 5) is 27.7. The van der Waals surface area contributed by atoms with Crippen LogP contribution in [-0.2, 0) is 16.0 Å². The smallest absolute Gasteiger partial charge is 0.338 e. The predicted molar refractivity (Wildman–Crippen MR) is 130 cm³/mol. The molecule has 2 heterocycles. The molecule has 1 saturated heterocycles. The summed E-state index contributed by atoms with van der Waals surface area (Å²) in [6.07, 6.45) is 3.26. The summed E-state index contributed by atoms with van der Waals surface area (Å²) in [7, 11) is 1.37. The van der Waals surface area contributed by atoms with Crippen molar-refractivity contribution in [2.24, 2.45) is 5.92 Å². The Morgan fingerprint density at radius 2 is 1.76 bits per heavy atom. The average Bonchev–Trinajstić information content (AvgIpc) is 2.86. The molecule has 2 aliphatic heterocycles. The fraction of sp³-hybridized carbons (Fsp3) is 0.407. The van der Waals surface area contributed by atoms with Crippen LogP contribution in [0.5, 0.6) is 5.75 Å². The molecule has 7 nitrogen and oxygen atoms in total. The number of urea groups is 1. The molecule has 0 spiro atoms. The zero-order valence-corrected chi connectivity index (χ0v) is 19.9. The lowest BCUT2D eigenvalue weighted by Crippen LogP contribution is -2.49. The summed E-state index contributed by atoms with van der Waals surface area (Å²) in [6.45, 7) is 4.85. The van der Waals surface area contributed by atoms with Gasteiger partial charge in [0.1, 0.15) is 5.75 Å². The number of hydrogen-bond acceptors (Lipinski definition) is 5. The van der Waals surface area contributed by atoms with Gasteiger partial charge < -0.3 is 20.1 Å². The third-order valence-electron chi connectivity index (χ3n) is 6.54. The van der Waals surface area contributed by atoms with Crippen LogP contribution in [0.4, 0.5) is 4.79 Å². The summed E-state index contributed by atoms with van der Waals surface area (Å²) in [6, 6.07) is 17.1. The van der Waals surface area contributed by atoms with E-state index in [0.717, 1.165) is 43.7 Å². The number of amides is 2. The van der Waals surface area contributed by atoms with Crippen molar-refractivity contribution in [1.82, 2.24) is 15.5 Å². The number of benzene rings is 2. The Morgan fingerprint density at radius 3 is 2.41 bits per heavy atom. The lowest BCUT2D eigenvalue weighted by atomic mass is 9.89. The van der Waals surface area contributed by atoms with E-state index in [0.29, 0.717) is 30.3 Å². The number of carbonyl (C=O) groups excluding carboxylic acids is 2. The van der Waals surface area contributed by atoms with Crippen LogP contribution in [0.2, 0.25) is 0 Å². The lowest BCUT2D eigenvalue weighted by molar-refractivity contribution is -0.136. The first-order valence-corrected chi connectivity index (χ1v) is 11.9. The maximum atomic E-state index is 12.8. The topological polar surface area (TPSA) is 79.9 Å². The minimum atomic E-state index is -0.581. The van der Waals surface area contributed by atoms with Gasteiger partial charge in [-0.25, -0.2) is 9.59 Å². The maximum absolute atomic E-state index is 12.8. The molecule has 180 valence electrons. The van der Waals surface area contributed by atoms with E-state index in [4.69, 9.17) is 9.47 Å². The molecule has 2 aromatic carbocycles. The van der Waals surface area contributed by atoms with Gasteiger partial charge in [0.05, 0.1) is 25.3 Å². The van der Waals surface area contributed by atoms with E-state index in [1.807, 2.05) is 37.3 Å². The van der Waals surface area contributed by atoms with Gasteiger partial charge in [-0.2, -0.15) is 0 Å². The molecule has 0 saturated carbocycles. The van der Waals surface area contributed by atoms with Gasteiger partial charge in [0, 0.05) is 12.2 Å². The Hall–Kier alpha value is -3.32. The summed E-state index contributed by atoms with van der Waals surface area (Å²) in [5, 5.41) is 5.76. The Labute approximate surface area is 201 Å². The first-order chi connectivity index (χ1) is 16.6. The van der Waals surface area contributed by atoms with Crippen molar-refractivity contribution in [2.75, 3.05) is 33.4 Å². The fourth-order valence-electron chi connectivity index (χ4n) is 4.79. The van der Waals surface area contributed by atoms with Crippen LogP contribution in [0, 0.1) is 5.92 Å². The molecule has 1 atom stereocenters. The van der Waals surface area contributed by atoms with Crippen LogP contribution >= 0.6 is 0 Å². The SMILES string of the molecule is CCOc1ccc(C2NC(=O)NC(CN3CCC(Cc4ccccc4)CC3)=C2C(=O)OC)cc1. The summed E-state index contributed by atoms with van der Waals surface area (Å²) in [5.74, 6) is 0.945. The number of methoxy groups -OCH3 is 1. The number of hydrogen-bond donors (Lipinski definition) is 2. The standard InChI is InChI=1S/C27H33N3O4/c1-3-34-22-11-9-21(10-12-22)25-24(26(31)33-2)23(28-27(32)29-25)18-30-15-13-20(14-16-30)17-19-7-5-4-6-8-19/h4-12,20,25H,3,13-18H2,1-2H3,(H2,28,29,32). The maximum Gasteiger partial charge on any atom is 0.338 e. The van der Waals surface area contributed by atoms with Gasteiger partial charge in [0.2, 0.25) is 0 Å². The van der Waals surface area contributed by atoms with Crippen LogP contribution in [0.15, 0.2) is 65.9 Å². The van der Waals surface area contributed by atoms with Gasteiger partial charge in [-0.15, -0.1) is 0 Å². The molecule has 2 aromatic rings. The number of carbonyl (C=O) groups is 2. The molecule has 0 bridgehead atoms. The van der Waals surface area contributed by atoms with Crippen LogP contribution < -0.4 is 15.4 Å². The van der Waals surface area contributed by atoms with Gasteiger partial charge in [0.25, 0.3) is 0 Å². The molecule has 2 amide bonds. The first-order valence-electron chi connectivity index (χ1n) is 11.9. The predicted octanol–water partition coefficient (Wildman–Crippen LogP) is 3.82. The molecular formula is C27H33N3O4. The van der Waals surface area contributed by atoms with E-state index >= 15 is 0 Å². The monoisotopic (exact) mass is 463 g/mol. The number of nitrogens with one attached hydrogen (secondary N) is 2. The minimum absolute atomic E-state index is 0.319. The van der Waals surface area contributed by atoms with E-state index in [2.05, 4.69) is 39.8 Å².